The molecule has 0 aliphatic heterocycles. The average Bonchev–Trinajstić information content (AvgIpc) is 2.38. The molecule has 0 unspecified atom stereocenters. The van der Waals surface area contributed by atoms with E-state index in [9.17, 15) is 18.0 Å². The Morgan fingerprint density at radius 2 is 1.85 bits per heavy atom. The number of halogens is 3. The lowest BCUT2D eigenvalue weighted by molar-refractivity contribution is -0.137. The second-order valence-corrected chi connectivity index (χ2v) is 5.79. The summed E-state index contributed by atoms with van der Waals surface area (Å²) in [5.74, 6) is 1.74. The van der Waals surface area contributed by atoms with Gasteiger partial charge in [-0.1, -0.05) is 19.1 Å². The molecule has 0 saturated heterocycles. The molecule has 0 saturated carbocycles. The lowest BCUT2D eigenvalue weighted by atomic mass is 10.1. The largest absolute Gasteiger partial charge is 0.416 e. The van der Waals surface area contributed by atoms with Crippen molar-refractivity contribution in [2.75, 3.05) is 18.6 Å². The fourth-order valence-electron chi connectivity index (χ4n) is 1.66. The van der Waals surface area contributed by atoms with Crippen molar-refractivity contribution < 1.29 is 18.0 Å². The van der Waals surface area contributed by atoms with Gasteiger partial charge in [0.1, 0.15) is 0 Å². The maximum absolute atomic E-state index is 12.4. The van der Waals surface area contributed by atoms with Crippen LogP contribution >= 0.6 is 11.8 Å². The minimum absolute atomic E-state index is 0.00541. The summed E-state index contributed by atoms with van der Waals surface area (Å²) >= 11 is 1.69. The zero-order chi connectivity index (χ0) is 15.2. The first-order valence-corrected chi connectivity index (χ1v) is 7.48. The Labute approximate surface area is 121 Å². The summed E-state index contributed by atoms with van der Waals surface area (Å²) in [6, 6.07) is 4.90. The molecule has 1 aromatic carbocycles. The van der Waals surface area contributed by atoms with Gasteiger partial charge in [-0.15, -0.1) is 0 Å². The highest BCUT2D eigenvalue weighted by Crippen LogP contribution is 2.29. The van der Waals surface area contributed by atoms with E-state index in [2.05, 4.69) is 0 Å². The Balaban J connectivity index is 2.53. The third-order valence-corrected chi connectivity index (χ3v) is 3.69. The van der Waals surface area contributed by atoms with Crippen molar-refractivity contribution in [2.45, 2.75) is 26.1 Å². The first-order chi connectivity index (χ1) is 9.34. The Morgan fingerprint density at radius 3 is 2.35 bits per heavy atom. The monoisotopic (exact) mass is 305 g/mol. The van der Waals surface area contributed by atoms with Crippen LogP contribution in [0.25, 0.3) is 0 Å². The van der Waals surface area contributed by atoms with E-state index >= 15 is 0 Å². The van der Waals surface area contributed by atoms with Gasteiger partial charge in [-0.3, -0.25) is 4.79 Å². The van der Waals surface area contributed by atoms with E-state index in [1.165, 1.54) is 12.1 Å². The highest BCUT2D eigenvalue weighted by molar-refractivity contribution is 7.99. The fraction of sp³-hybridized carbons (Fsp3) is 0.500. The number of carbonyl (C=O) groups excluding carboxylic acids is 1. The molecular weight excluding hydrogens is 287 g/mol. The highest BCUT2D eigenvalue weighted by atomic mass is 32.2. The summed E-state index contributed by atoms with van der Waals surface area (Å²) in [6.45, 7) is 2.36. The SMILES string of the molecule is CCSCCC(=O)N(C)Cc1ccc(C(F)(F)F)cc1. The number of nitrogens with zero attached hydrogens (tertiary/aromatic N) is 1. The van der Waals surface area contributed by atoms with E-state index in [0.29, 0.717) is 18.5 Å². The molecule has 2 nitrogen and oxygen atoms in total. The van der Waals surface area contributed by atoms with Gasteiger partial charge in [0.25, 0.3) is 0 Å². The number of benzene rings is 1. The van der Waals surface area contributed by atoms with Crippen LogP contribution in [0.3, 0.4) is 0 Å². The number of rotatable bonds is 6. The summed E-state index contributed by atoms with van der Waals surface area (Å²) in [4.78, 5) is 13.3. The van der Waals surface area contributed by atoms with E-state index < -0.39 is 11.7 Å². The van der Waals surface area contributed by atoms with Crippen molar-refractivity contribution >= 4 is 17.7 Å². The Bertz CT molecular complexity index is 431. The van der Waals surface area contributed by atoms with Crippen molar-refractivity contribution in [3.05, 3.63) is 35.4 Å². The molecule has 0 aliphatic rings. The zero-order valence-corrected chi connectivity index (χ0v) is 12.4. The molecule has 0 aliphatic carbocycles. The number of alkyl halides is 3. The molecule has 1 aromatic rings. The maximum atomic E-state index is 12.4. The lowest BCUT2D eigenvalue weighted by Gasteiger charge is -2.17. The van der Waals surface area contributed by atoms with Crippen LogP contribution in [0.4, 0.5) is 13.2 Å². The summed E-state index contributed by atoms with van der Waals surface area (Å²) < 4.78 is 37.2. The Morgan fingerprint density at radius 1 is 1.25 bits per heavy atom. The van der Waals surface area contributed by atoms with Gasteiger partial charge in [0.05, 0.1) is 5.56 Å². The van der Waals surface area contributed by atoms with Gasteiger partial charge in [0.15, 0.2) is 0 Å². The van der Waals surface area contributed by atoms with Crippen molar-refractivity contribution in [3.63, 3.8) is 0 Å². The molecule has 20 heavy (non-hydrogen) atoms. The molecule has 0 aromatic heterocycles. The first kappa shape index (κ1) is 16.9. The summed E-state index contributed by atoms with van der Waals surface area (Å²) in [7, 11) is 1.66. The fourth-order valence-corrected chi connectivity index (χ4v) is 2.26. The predicted octanol–water partition coefficient (Wildman–Crippen LogP) is 3.81. The number of hydrogen-bond donors (Lipinski definition) is 0. The second-order valence-electron chi connectivity index (χ2n) is 4.39. The molecule has 0 N–H and O–H groups in total. The molecule has 1 amide bonds. The molecule has 0 spiro atoms. The smallest absolute Gasteiger partial charge is 0.341 e. The van der Waals surface area contributed by atoms with E-state index in [-0.39, 0.29) is 5.91 Å². The van der Waals surface area contributed by atoms with Crippen molar-refractivity contribution in [1.29, 1.82) is 0 Å². The predicted molar refractivity (Wildman–Crippen MR) is 75.5 cm³/mol. The Hall–Kier alpha value is -1.17. The van der Waals surface area contributed by atoms with Crippen LogP contribution < -0.4 is 0 Å². The number of carbonyl (C=O) groups is 1. The van der Waals surface area contributed by atoms with Gasteiger partial charge >= 0.3 is 6.18 Å². The van der Waals surface area contributed by atoms with E-state index in [4.69, 9.17) is 0 Å². The highest BCUT2D eigenvalue weighted by Gasteiger charge is 2.29. The van der Waals surface area contributed by atoms with Crippen LogP contribution in [0.5, 0.6) is 0 Å². The standard InChI is InChI=1S/C14H18F3NOS/c1-3-20-9-8-13(19)18(2)10-11-4-6-12(7-5-11)14(15,16)17/h4-7H,3,8-10H2,1-2H3. The van der Waals surface area contributed by atoms with Crippen LogP contribution in [0, 0.1) is 0 Å². The van der Waals surface area contributed by atoms with Crippen LogP contribution in [-0.4, -0.2) is 29.4 Å². The quantitative estimate of drug-likeness (QED) is 0.745. The molecule has 0 fully saturated rings. The third-order valence-electron chi connectivity index (χ3n) is 2.79. The van der Waals surface area contributed by atoms with Gasteiger partial charge in [-0.25, -0.2) is 0 Å². The van der Waals surface area contributed by atoms with Gasteiger partial charge in [0.2, 0.25) is 5.91 Å². The molecule has 6 heteroatoms. The topological polar surface area (TPSA) is 20.3 Å². The molecule has 0 bridgehead atoms. The van der Waals surface area contributed by atoms with E-state index in [1.54, 1.807) is 23.7 Å². The molecule has 0 heterocycles. The van der Waals surface area contributed by atoms with Gasteiger partial charge < -0.3 is 4.90 Å². The minimum atomic E-state index is -4.32. The van der Waals surface area contributed by atoms with Crippen LogP contribution in [0.2, 0.25) is 0 Å². The molecule has 0 atom stereocenters. The maximum Gasteiger partial charge on any atom is 0.416 e. The van der Waals surface area contributed by atoms with E-state index in [0.717, 1.165) is 23.6 Å². The van der Waals surface area contributed by atoms with E-state index in [1.807, 2.05) is 6.92 Å². The average molecular weight is 305 g/mol. The summed E-state index contributed by atoms with van der Waals surface area (Å²) in [6.07, 6.45) is -3.87. The van der Waals surface area contributed by atoms with Gasteiger partial charge in [-0.05, 0) is 23.4 Å². The van der Waals surface area contributed by atoms with Gasteiger partial charge in [-0.2, -0.15) is 24.9 Å². The van der Waals surface area contributed by atoms with Crippen molar-refractivity contribution in [2.24, 2.45) is 0 Å². The lowest BCUT2D eigenvalue weighted by Crippen LogP contribution is -2.26. The van der Waals surface area contributed by atoms with Gasteiger partial charge in [0, 0.05) is 25.8 Å². The molecule has 112 valence electrons. The minimum Gasteiger partial charge on any atom is -0.341 e. The van der Waals surface area contributed by atoms with Crippen molar-refractivity contribution in [3.8, 4) is 0 Å². The Kier molecular flexibility index (Phi) is 6.39. The normalized spacial score (nSPS) is 11.4. The summed E-state index contributed by atoms with van der Waals surface area (Å²) in [5.41, 5.74) is 0.0200. The number of thioether (sulfide) groups is 1. The molecule has 1 rings (SSSR count). The van der Waals surface area contributed by atoms with Crippen LogP contribution in [-0.2, 0) is 17.5 Å². The van der Waals surface area contributed by atoms with Crippen molar-refractivity contribution in [1.82, 2.24) is 4.90 Å². The molecule has 0 radical (unpaired) electrons. The number of hydrogen-bond acceptors (Lipinski definition) is 2. The number of amides is 1. The second kappa shape index (κ2) is 7.57. The summed E-state index contributed by atoms with van der Waals surface area (Å²) in [5, 5.41) is 0. The van der Waals surface area contributed by atoms with Crippen LogP contribution in [0.1, 0.15) is 24.5 Å². The molecular formula is C14H18F3NOS. The van der Waals surface area contributed by atoms with Crippen LogP contribution in [0.15, 0.2) is 24.3 Å². The third kappa shape index (κ3) is 5.45. The first-order valence-electron chi connectivity index (χ1n) is 6.32. The zero-order valence-electron chi connectivity index (χ0n) is 11.5.